The van der Waals surface area contributed by atoms with E-state index >= 15 is 0 Å². The molecular formula is C24H26Cl2N4O4. The molecule has 1 amide bonds. The van der Waals surface area contributed by atoms with E-state index in [1.165, 1.54) is 6.07 Å². The number of ether oxygens (including phenoxy) is 2. The number of carbonyl (C=O) groups excluding carboxylic acids is 2. The molecular weight excluding hydrogens is 479 g/mol. The number of esters is 1. The average molecular weight is 505 g/mol. The molecule has 1 aromatic carbocycles. The van der Waals surface area contributed by atoms with Crippen LogP contribution in [0, 0.1) is 13.8 Å². The molecule has 0 saturated carbocycles. The van der Waals surface area contributed by atoms with Crippen molar-refractivity contribution in [2.75, 3.05) is 20.3 Å². The first-order valence-electron chi connectivity index (χ1n) is 10.9. The number of fused-ring (bicyclic) bond motifs is 1. The number of amides is 1. The predicted octanol–water partition coefficient (Wildman–Crippen LogP) is 4.57. The summed E-state index contributed by atoms with van der Waals surface area (Å²) in [7, 11) is 1.15. The molecule has 0 unspecified atom stereocenters. The van der Waals surface area contributed by atoms with Crippen LogP contribution in [-0.2, 0) is 22.5 Å². The van der Waals surface area contributed by atoms with Gasteiger partial charge in [0.2, 0.25) is 5.88 Å². The first kappa shape index (κ1) is 25.7. The summed E-state index contributed by atoms with van der Waals surface area (Å²) in [6, 6.07) is 3.36. The van der Waals surface area contributed by atoms with Crippen molar-refractivity contribution in [1.29, 1.82) is 0 Å². The molecule has 0 saturated heterocycles. The van der Waals surface area contributed by atoms with Gasteiger partial charge in [-0.1, -0.05) is 36.5 Å². The maximum atomic E-state index is 13.5. The number of hydrogen-bond acceptors (Lipinski definition) is 5. The van der Waals surface area contributed by atoms with Gasteiger partial charge in [-0.2, -0.15) is 4.79 Å². The lowest BCUT2D eigenvalue weighted by Gasteiger charge is -2.31. The van der Waals surface area contributed by atoms with Crippen molar-refractivity contribution in [2.24, 2.45) is 0 Å². The van der Waals surface area contributed by atoms with Crippen LogP contribution in [0.25, 0.3) is 5.53 Å². The van der Waals surface area contributed by atoms with Gasteiger partial charge in [0.1, 0.15) is 0 Å². The van der Waals surface area contributed by atoms with Crippen LogP contribution in [0.3, 0.4) is 0 Å². The number of pyridine rings is 1. The zero-order valence-electron chi connectivity index (χ0n) is 19.6. The number of carbonyl (C=O) groups is 2. The minimum Gasteiger partial charge on any atom is -0.477 e. The van der Waals surface area contributed by atoms with Crippen molar-refractivity contribution in [2.45, 2.75) is 46.6 Å². The fraction of sp³-hybridized carbons (Fsp3) is 0.417. The summed E-state index contributed by atoms with van der Waals surface area (Å²) < 4.78 is 10.6. The molecule has 0 N–H and O–H groups in total. The first-order valence-corrected chi connectivity index (χ1v) is 11.7. The molecule has 1 aliphatic rings. The van der Waals surface area contributed by atoms with E-state index in [2.05, 4.69) is 21.4 Å². The predicted molar refractivity (Wildman–Crippen MR) is 129 cm³/mol. The highest BCUT2D eigenvalue weighted by atomic mass is 35.5. The second-order valence-corrected chi connectivity index (χ2v) is 8.84. The lowest BCUT2D eigenvalue weighted by atomic mass is 9.94. The highest BCUT2D eigenvalue weighted by Crippen LogP contribution is 2.36. The summed E-state index contributed by atoms with van der Waals surface area (Å²) in [6.07, 6.45) is 2.36. The molecule has 2 heterocycles. The van der Waals surface area contributed by atoms with E-state index < -0.39 is 11.7 Å². The fourth-order valence-corrected chi connectivity index (χ4v) is 4.54. The Balaban J connectivity index is 2.01. The molecule has 8 nitrogen and oxygen atoms in total. The lowest BCUT2D eigenvalue weighted by Crippen LogP contribution is -2.38. The van der Waals surface area contributed by atoms with Gasteiger partial charge in [0.05, 0.1) is 36.4 Å². The van der Waals surface area contributed by atoms with Gasteiger partial charge in [-0.25, -0.2) is 9.78 Å². The molecule has 3 rings (SSSR count). The number of unbranched alkanes of at least 4 members (excludes halogenated alkanes) is 1. The molecule has 0 aliphatic carbocycles. The van der Waals surface area contributed by atoms with Gasteiger partial charge in [0.25, 0.3) is 5.91 Å². The number of aromatic nitrogens is 1. The summed E-state index contributed by atoms with van der Waals surface area (Å²) in [6.45, 7) is 7.17. The zero-order chi connectivity index (χ0) is 25.0. The van der Waals surface area contributed by atoms with Gasteiger partial charge in [-0.3, -0.25) is 4.79 Å². The fourth-order valence-electron chi connectivity index (χ4n) is 3.91. The van der Waals surface area contributed by atoms with Crippen LogP contribution in [0.5, 0.6) is 5.88 Å². The van der Waals surface area contributed by atoms with Gasteiger partial charge in [0, 0.05) is 22.8 Å². The van der Waals surface area contributed by atoms with Crippen LogP contribution in [0.4, 0.5) is 0 Å². The first-order chi connectivity index (χ1) is 16.2. The Morgan fingerprint density at radius 3 is 2.68 bits per heavy atom. The molecule has 180 valence electrons. The Kier molecular flexibility index (Phi) is 8.31. The van der Waals surface area contributed by atoms with Gasteiger partial charge < -0.3 is 19.9 Å². The highest BCUT2D eigenvalue weighted by molar-refractivity contribution is 6.47. The largest absolute Gasteiger partial charge is 0.477 e. The Labute approximate surface area is 208 Å². The Morgan fingerprint density at radius 2 is 2.03 bits per heavy atom. The molecule has 10 heteroatoms. The van der Waals surface area contributed by atoms with E-state index in [0.29, 0.717) is 31.0 Å². The van der Waals surface area contributed by atoms with Crippen LogP contribution in [0.15, 0.2) is 12.1 Å². The molecule has 0 fully saturated rings. The number of nitrogens with zero attached hydrogens (tertiary/aromatic N) is 4. The monoisotopic (exact) mass is 504 g/mol. The summed E-state index contributed by atoms with van der Waals surface area (Å²) in [5.41, 5.74) is 12.3. The zero-order valence-corrected chi connectivity index (χ0v) is 21.1. The number of hydrogen-bond donors (Lipinski definition) is 0. The molecule has 34 heavy (non-hydrogen) atoms. The third-order valence-corrected chi connectivity index (χ3v) is 6.44. The number of rotatable bonds is 8. The topological polar surface area (TPSA) is 105 Å². The van der Waals surface area contributed by atoms with Crippen LogP contribution in [0.1, 0.15) is 58.1 Å². The van der Waals surface area contributed by atoms with Gasteiger partial charge in [0.15, 0.2) is 0 Å². The van der Waals surface area contributed by atoms with Crippen molar-refractivity contribution in [3.63, 3.8) is 0 Å². The molecule has 0 atom stereocenters. The number of methoxy groups -OCH3 is 1. The highest BCUT2D eigenvalue weighted by Gasteiger charge is 2.35. The van der Waals surface area contributed by atoms with Gasteiger partial charge >= 0.3 is 11.7 Å². The van der Waals surface area contributed by atoms with E-state index in [1.807, 2.05) is 19.9 Å². The maximum Gasteiger partial charge on any atom is 0.422 e. The SMILES string of the molecule is CCCCOc1nc(C)cc(C)c1CN1CCc2c(Cl)cc(C(=[N+]=[N-])C(=O)OC)c(Cl)c2C1=O. The molecule has 1 aliphatic heterocycles. The molecule has 2 aromatic rings. The standard InChI is InChI=1S/C24H26Cl2N4O4/c1-5-6-9-34-22-17(13(2)10-14(3)28-22)12-30-8-7-15-18(25)11-16(20(26)19(15)23(30)31)21(29-27)24(32)33-4/h10-11H,5-9,12H2,1-4H3. The minimum absolute atomic E-state index is 0.0201. The summed E-state index contributed by atoms with van der Waals surface area (Å²) >= 11 is 13.0. The van der Waals surface area contributed by atoms with Gasteiger partial charge in [-0.15, -0.1) is 0 Å². The summed E-state index contributed by atoms with van der Waals surface area (Å²) in [5.74, 6) is -0.741. The normalized spacial score (nSPS) is 12.8. The van der Waals surface area contributed by atoms with E-state index in [1.54, 1.807) is 4.90 Å². The Morgan fingerprint density at radius 1 is 1.29 bits per heavy atom. The quantitative estimate of drug-likeness (QED) is 0.172. The van der Waals surface area contributed by atoms with E-state index in [0.717, 1.165) is 36.8 Å². The van der Waals surface area contributed by atoms with Crippen LogP contribution < -0.4 is 4.74 Å². The van der Waals surface area contributed by atoms with E-state index in [-0.39, 0.29) is 33.6 Å². The molecule has 0 radical (unpaired) electrons. The maximum absolute atomic E-state index is 13.5. The van der Waals surface area contributed by atoms with Crippen LogP contribution >= 0.6 is 23.2 Å². The minimum atomic E-state index is -0.907. The smallest absolute Gasteiger partial charge is 0.422 e. The second kappa shape index (κ2) is 11.0. The molecule has 0 bridgehead atoms. The average Bonchev–Trinajstić information content (AvgIpc) is 2.80. The van der Waals surface area contributed by atoms with Crippen molar-refractivity contribution < 1.29 is 23.9 Å². The third-order valence-electron chi connectivity index (χ3n) is 5.71. The Hall–Kier alpha value is -2.93. The number of benzene rings is 1. The second-order valence-electron chi connectivity index (χ2n) is 8.06. The van der Waals surface area contributed by atoms with E-state index in [4.69, 9.17) is 27.9 Å². The Bertz CT molecular complexity index is 1190. The van der Waals surface area contributed by atoms with Crippen molar-refractivity contribution in [3.05, 3.63) is 61.2 Å². The van der Waals surface area contributed by atoms with Crippen molar-refractivity contribution in [1.82, 2.24) is 9.88 Å². The summed E-state index contributed by atoms with van der Waals surface area (Å²) in [5, 5.41) is 0.231. The van der Waals surface area contributed by atoms with Crippen molar-refractivity contribution >= 4 is 40.8 Å². The molecule has 1 aromatic heterocycles. The number of aryl methyl sites for hydroxylation is 2. The number of halogens is 2. The van der Waals surface area contributed by atoms with E-state index in [9.17, 15) is 15.1 Å². The molecule has 0 spiro atoms. The van der Waals surface area contributed by atoms with Crippen molar-refractivity contribution in [3.8, 4) is 5.88 Å². The van der Waals surface area contributed by atoms with Crippen LogP contribution in [0.2, 0.25) is 10.0 Å². The van der Waals surface area contributed by atoms with Gasteiger partial charge in [-0.05, 0) is 49.9 Å². The van der Waals surface area contributed by atoms with Crippen LogP contribution in [-0.4, -0.2) is 52.5 Å². The summed E-state index contributed by atoms with van der Waals surface area (Å²) in [4.78, 5) is 34.8. The third kappa shape index (κ3) is 5.09. The lowest BCUT2D eigenvalue weighted by molar-refractivity contribution is -0.137.